The molecule has 0 aromatic carbocycles. The van der Waals surface area contributed by atoms with Gasteiger partial charge in [0.15, 0.2) is 5.49 Å². The van der Waals surface area contributed by atoms with Gasteiger partial charge in [0.05, 0.1) is 5.22 Å². The van der Waals surface area contributed by atoms with Gasteiger partial charge in [-0.1, -0.05) is 13.0 Å². The molecule has 3 heterocycles. The molecule has 0 amide bonds. The number of nitrogens with one attached hydrogen (secondary N) is 1. The molecule has 6 heteroatoms. The van der Waals surface area contributed by atoms with E-state index in [2.05, 4.69) is 45.2 Å². The molecule has 2 aliphatic rings. The number of hydrogen-bond donors (Lipinski definition) is 1. The zero-order valence-electron chi connectivity index (χ0n) is 12.0. The van der Waals surface area contributed by atoms with E-state index in [-0.39, 0.29) is 12.4 Å². The molecule has 1 aromatic heterocycles. The highest BCUT2D eigenvalue weighted by atomic mass is 35.5. The Labute approximate surface area is 125 Å². The van der Waals surface area contributed by atoms with Crippen molar-refractivity contribution in [2.45, 2.75) is 25.8 Å². The summed E-state index contributed by atoms with van der Waals surface area (Å²) in [7, 11) is 2.14. The van der Waals surface area contributed by atoms with Crippen molar-refractivity contribution in [1.82, 2.24) is 15.3 Å². The largest absolute Gasteiger partial charge is 0.354 e. The fourth-order valence-electron chi connectivity index (χ4n) is 3.00. The number of hydrogen-bond acceptors (Lipinski definition) is 5. The lowest BCUT2D eigenvalue weighted by Crippen LogP contribution is -2.51. The smallest absolute Gasteiger partial charge is 0.159 e. The van der Waals surface area contributed by atoms with E-state index in [1.165, 1.54) is 6.42 Å². The number of anilines is 1. The van der Waals surface area contributed by atoms with Crippen LogP contribution in [0, 0.1) is 5.92 Å². The van der Waals surface area contributed by atoms with E-state index in [4.69, 9.17) is 0 Å². The highest BCUT2D eigenvalue weighted by molar-refractivity contribution is 5.85. The molecule has 0 unspecified atom stereocenters. The van der Waals surface area contributed by atoms with Crippen LogP contribution in [-0.4, -0.2) is 42.7 Å². The van der Waals surface area contributed by atoms with Crippen LogP contribution in [0.25, 0.3) is 6.08 Å². The average molecular weight is 296 g/mol. The first-order chi connectivity index (χ1) is 9.27. The number of likely N-dealkylation sites (N-methyl/N-ethyl adjacent to an activating group) is 1. The first-order valence-electron chi connectivity index (χ1n) is 7.06. The minimum Gasteiger partial charge on any atom is -0.354 e. The summed E-state index contributed by atoms with van der Waals surface area (Å²) in [4.78, 5) is 15.5. The van der Waals surface area contributed by atoms with Gasteiger partial charge in [0, 0.05) is 26.2 Å². The molecule has 0 saturated carbocycles. The maximum atomic E-state index is 4.50. The van der Waals surface area contributed by atoms with Crippen LogP contribution >= 0.6 is 12.4 Å². The fourth-order valence-corrected chi connectivity index (χ4v) is 3.00. The number of aromatic nitrogens is 2. The third kappa shape index (κ3) is 2.79. The van der Waals surface area contributed by atoms with Gasteiger partial charge in [-0.25, -0.2) is 9.97 Å². The molecule has 1 saturated heterocycles. The second kappa shape index (κ2) is 6.50. The quantitative estimate of drug-likeness (QED) is 0.843. The summed E-state index contributed by atoms with van der Waals surface area (Å²) in [6, 6.07) is 0.489. The Morgan fingerprint density at radius 3 is 3.00 bits per heavy atom. The van der Waals surface area contributed by atoms with Gasteiger partial charge in [0.25, 0.3) is 0 Å². The van der Waals surface area contributed by atoms with Crippen LogP contribution < -0.4 is 20.9 Å². The molecular formula is C14H22ClN5. The number of fused-ring (bicyclic) bond motifs is 1. The van der Waals surface area contributed by atoms with Gasteiger partial charge < -0.3 is 10.2 Å². The number of rotatable bonds is 2. The molecule has 1 aromatic rings. The maximum absolute atomic E-state index is 4.50. The predicted molar refractivity (Wildman–Crippen MR) is 82.9 cm³/mol. The van der Waals surface area contributed by atoms with Gasteiger partial charge in [-0.05, 0) is 25.3 Å². The Balaban J connectivity index is 0.00000147. The molecule has 0 aliphatic carbocycles. The Kier molecular flexibility index (Phi) is 4.94. The zero-order chi connectivity index (χ0) is 13.2. The van der Waals surface area contributed by atoms with E-state index in [9.17, 15) is 0 Å². The molecule has 1 N–H and O–H groups in total. The van der Waals surface area contributed by atoms with Crippen LogP contribution in [0.5, 0.6) is 0 Å². The summed E-state index contributed by atoms with van der Waals surface area (Å²) in [5.41, 5.74) is 0.847. The zero-order valence-corrected chi connectivity index (χ0v) is 12.9. The molecule has 20 heavy (non-hydrogen) atoms. The van der Waals surface area contributed by atoms with Crippen molar-refractivity contribution in [3.05, 3.63) is 17.0 Å². The van der Waals surface area contributed by atoms with E-state index < -0.39 is 0 Å². The molecule has 0 bridgehead atoms. The Bertz CT molecular complexity index is 573. The maximum Gasteiger partial charge on any atom is 0.159 e. The van der Waals surface area contributed by atoms with Crippen molar-refractivity contribution < 1.29 is 0 Å². The third-order valence-electron chi connectivity index (χ3n) is 4.20. The molecule has 2 aliphatic heterocycles. The van der Waals surface area contributed by atoms with Gasteiger partial charge in [-0.15, -0.1) is 12.4 Å². The topological polar surface area (TPSA) is 53.4 Å². The molecule has 2 atom stereocenters. The van der Waals surface area contributed by atoms with Crippen LogP contribution in [0.15, 0.2) is 11.3 Å². The van der Waals surface area contributed by atoms with Crippen LogP contribution in [0.2, 0.25) is 0 Å². The second-order valence-corrected chi connectivity index (χ2v) is 5.46. The SMILES string of the molecule is C[C@@H]1CCNC[C@@H]1N(C)c1ncnc2c1=CCCN=2.Cl. The standard InChI is InChI=1S/C14H21N5.ClH/c1-10-5-7-15-8-12(10)19(2)14-11-4-3-6-16-13(11)17-9-18-14;/h4,9-10,12,15H,3,5-8H2,1-2H3;1H/t10-,12+;/m1./s1. The lowest BCUT2D eigenvalue weighted by molar-refractivity contribution is 0.337. The second-order valence-electron chi connectivity index (χ2n) is 5.46. The highest BCUT2D eigenvalue weighted by Gasteiger charge is 2.26. The average Bonchev–Trinajstić information content (AvgIpc) is 2.46. The van der Waals surface area contributed by atoms with Crippen molar-refractivity contribution in [2.75, 3.05) is 31.6 Å². The summed E-state index contributed by atoms with van der Waals surface area (Å²) < 4.78 is 0. The summed E-state index contributed by atoms with van der Waals surface area (Å²) in [5.74, 6) is 1.70. The fraction of sp³-hybridized carbons (Fsp3) is 0.643. The van der Waals surface area contributed by atoms with E-state index in [1.54, 1.807) is 6.33 Å². The van der Waals surface area contributed by atoms with Crippen LogP contribution in [0.1, 0.15) is 19.8 Å². The third-order valence-corrected chi connectivity index (χ3v) is 4.20. The minimum absolute atomic E-state index is 0. The summed E-state index contributed by atoms with van der Waals surface area (Å²) in [6.45, 7) is 5.31. The van der Waals surface area contributed by atoms with Crippen molar-refractivity contribution in [3.63, 3.8) is 0 Å². The molecule has 0 radical (unpaired) electrons. The Morgan fingerprint density at radius 1 is 1.35 bits per heavy atom. The summed E-state index contributed by atoms with van der Waals surface area (Å²) in [5, 5.41) is 4.58. The summed E-state index contributed by atoms with van der Waals surface area (Å²) in [6.07, 6.45) is 6.05. The Morgan fingerprint density at radius 2 is 2.20 bits per heavy atom. The van der Waals surface area contributed by atoms with E-state index >= 15 is 0 Å². The van der Waals surface area contributed by atoms with Crippen LogP contribution in [-0.2, 0) is 0 Å². The summed E-state index contributed by atoms with van der Waals surface area (Å²) >= 11 is 0. The van der Waals surface area contributed by atoms with E-state index in [1.807, 2.05) is 0 Å². The molecule has 1 fully saturated rings. The van der Waals surface area contributed by atoms with Gasteiger partial charge in [0.2, 0.25) is 0 Å². The van der Waals surface area contributed by atoms with Gasteiger partial charge in [-0.3, -0.25) is 4.99 Å². The lowest BCUT2D eigenvalue weighted by atomic mass is 9.93. The lowest BCUT2D eigenvalue weighted by Gasteiger charge is -2.37. The van der Waals surface area contributed by atoms with Crippen molar-refractivity contribution in [1.29, 1.82) is 0 Å². The molecule has 110 valence electrons. The number of halogens is 1. The first-order valence-corrected chi connectivity index (χ1v) is 7.06. The van der Waals surface area contributed by atoms with Crippen molar-refractivity contribution >= 4 is 24.3 Å². The van der Waals surface area contributed by atoms with Gasteiger partial charge in [0.1, 0.15) is 12.1 Å². The minimum atomic E-state index is 0. The molecule has 5 nitrogen and oxygen atoms in total. The van der Waals surface area contributed by atoms with Gasteiger partial charge in [-0.2, -0.15) is 0 Å². The number of piperidine rings is 1. The highest BCUT2D eigenvalue weighted by Crippen LogP contribution is 2.18. The van der Waals surface area contributed by atoms with E-state index in [0.717, 1.165) is 42.6 Å². The van der Waals surface area contributed by atoms with Crippen LogP contribution in [0.3, 0.4) is 0 Å². The Hall–Kier alpha value is -1.20. The van der Waals surface area contributed by atoms with Crippen molar-refractivity contribution in [2.24, 2.45) is 10.9 Å². The monoisotopic (exact) mass is 295 g/mol. The first kappa shape index (κ1) is 15.2. The molecule has 3 rings (SSSR count). The molecular weight excluding hydrogens is 274 g/mol. The predicted octanol–water partition coefficient (Wildman–Crippen LogP) is 0.136. The van der Waals surface area contributed by atoms with Crippen molar-refractivity contribution in [3.8, 4) is 0 Å². The van der Waals surface area contributed by atoms with Gasteiger partial charge >= 0.3 is 0 Å². The number of nitrogens with zero attached hydrogens (tertiary/aromatic N) is 4. The van der Waals surface area contributed by atoms with Crippen LogP contribution in [0.4, 0.5) is 5.82 Å². The van der Waals surface area contributed by atoms with E-state index in [0.29, 0.717) is 12.0 Å². The normalized spacial score (nSPS) is 24.7. The molecule has 0 spiro atoms.